The van der Waals surface area contributed by atoms with Crippen molar-refractivity contribution in [2.24, 2.45) is 17.8 Å². The molecule has 1 aliphatic heterocycles. The number of hydrogen-bond acceptors (Lipinski definition) is 3. The SMILES string of the molecule is COC(=O)[C@@H]1C[C@H]2CCCC[C@@H]2N1C(=O)C1CCC(C)CC1. The zero-order chi connectivity index (χ0) is 15.7. The van der Waals surface area contributed by atoms with Gasteiger partial charge in [0.15, 0.2) is 0 Å². The fourth-order valence-corrected chi connectivity index (χ4v) is 4.84. The summed E-state index contributed by atoms with van der Waals surface area (Å²) in [6.45, 7) is 2.27. The second-order valence-electron chi connectivity index (χ2n) is 7.59. The van der Waals surface area contributed by atoms with Crippen LogP contribution in [0, 0.1) is 17.8 Å². The Morgan fingerprint density at radius 1 is 1.00 bits per heavy atom. The van der Waals surface area contributed by atoms with E-state index in [2.05, 4.69) is 6.92 Å². The average molecular weight is 307 g/mol. The van der Waals surface area contributed by atoms with Crippen molar-refractivity contribution in [2.45, 2.75) is 76.8 Å². The first kappa shape index (κ1) is 15.8. The van der Waals surface area contributed by atoms with Gasteiger partial charge in [0, 0.05) is 12.0 Å². The van der Waals surface area contributed by atoms with Crippen molar-refractivity contribution < 1.29 is 14.3 Å². The molecule has 0 unspecified atom stereocenters. The van der Waals surface area contributed by atoms with Crippen LogP contribution in [0.15, 0.2) is 0 Å². The van der Waals surface area contributed by atoms with Crippen LogP contribution in [-0.4, -0.2) is 36.0 Å². The van der Waals surface area contributed by atoms with Crippen LogP contribution in [-0.2, 0) is 14.3 Å². The lowest BCUT2D eigenvalue weighted by Crippen LogP contribution is -2.49. The Morgan fingerprint density at radius 2 is 1.68 bits per heavy atom. The van der Waals surface area contributed by atoms with E-state index < -0.39 is 0 Å². The maximum atomic E-state index is 13.1. The Kier molecular flexibility index (Phi) is 4.74. The number of esters is 1. The van der Waals surface area contributed by atoms with E-state index in [1.54, 1.807) is 0 Å². The van der Waals surface area contributed by atoms with E-state index in [0.717, 1.165) is 50.9 Å². The Morgan fingerprint density at radius 3 is 2.36 bits per heavy atom. The molecule has 1 saturated heterocycles. The fourth-order valence-electron chi connectivity index (χ4n) is 4.84. The number of amides is 1. The van der Waals surface area contributed by atoms with Gasteiger partial charge in [-0.15, -0.1) is 0 Å². The van der Waals surface area contributed by atoms with Crippen molar-refractivity contribution in [1.82, 2.24) is 4.90 Å². The van der Waals surface area contributed by atoms with Gasteiger partial charge in [-0.25, -0.2) is 4.79 Å². The number of fused-ring (bicyclic) bond motifs is 1. The van der Waals surface area contributed by atoms with E-state index >= 15 is 0 Å². The highest BCUT2D eigenvalue weighted by molar-refractivity contribution is 5.87. The standard InChI is InChI=1S/C18H29NO3/c1-12-7-9-13(10-8-12)17(20)19-15-6-4-3-5-14(15)11-16(19)18(21)22-2/h12-16H,3-11H2,1-2H3/t12?,13?,14-,15+,16+/m1/s1. The van der Waals surface area contributed by atoms with Gasteiger partial charge in [0.05, 0.1) is 7.11 Å². The van der Waals surface area contributed by atoms with Crippen molar-refractivity contribution >= 4 is 11.9 Å². The summed E-state index contributed by atoms with van der Waals surface area (Å²) < 4.78 is 4.99. The van der Waals surface area contributed by atoms with E-state index in [1.165, 1.54) is 20.0 Å². The first-order valence-corrected chi connectivity index (χ1v) is 9.01. The molecule has 4 nitrogen and oxygen atoms in total. The number of carbonyl (C=O) groups excluding carboxylic acids is 2. The number of likely N-dealkylation sites (tertiary alicyclic amines) is 1. The normalized spacial score (nSPS) is 38.5. The summed E-state index contributed by atoms with van der Waals surface area (Å²) in [5.74, 6) is 1.39. The molecule has 3 aliphatic rings. The molecule has 1 amide bonds. The van der Waals surface area contributed by atoms with Crippen LogP contribution in [0.2, 0.25) is 0 Å². The van der Waals surface area contributed by atoms with E-state index in [9.17, 15) is 9.59 Å². The summed E-state index contributed by atoms with van der Waals surface area (Å²) in [5, 5.41) is 0. The summed E-state index contributed by atoms with van der Waals surface area (Å²) in [4.78, 5) is 27.3. The Hall–Kier alpha value is -1.06. The van der Waals surface area contributed by atoms with Crippen molar-refractivity contribution in [3.05, 3.63) is 0 Å². The Labute approximate surface area is 133 Å². The third-order valence-electron chi connectivity index (χ3n) is 6.18. The molecule has 0 radical (unpaired) electrons. The fraction of sp³-hybridized carbons (Fsp3) is 0.889. The lowest BCUT2D eigenvalue weighted by Gasteiger charge is -2.37. The molecule has 2 aliphatic carbocycles. The van der Waals surface area contributed by atoms with Crippen molar-refractivity contribution in [1.29, 1.82) is 0 Å². The zero-order valence-electron chi connectivity index (χ0n) is 13.9. The highest BCUT2D eigenvalue weighted by Gasteiger charge is 2.49. The van der Waals surface area contributed by atoms with Crippen molar-refractivity contribution in [3.63, 3.8) is 0 Å². The maximum absolute atomic E-state index is 13.1. The quantitative estimate of drug-likeness (QED) is 0.736. The summed E-state index contributed by atoms with van der Waals surface area (Å²) in [6.07, 6.45) is 9.70. The predicted octanol–water partition coefficient (Wildman–Crippen LogP) is 3.15. The minimum Gasteiger partial charge on any atom is -0.467 e. The number of hydrogen-bond donors (Lipinski definition) is 0. The minimum atomic E-state index is -0.329. The van der Waals surface area contributed by atoms with Gasteiger partial charge in [0.25, 0.3) is 0 Å². The lowest BCUT2D eigenvalue weighted by atomic mass is 9.81. The lowest BCUT2D eigenvalue weighted by molar-refractivity contribution is -0.154. The van der Waals surface area contributed by atoms with E-state index in [4.69, 9.17) is 4.74 Å². The van der Waals surface area contributed by atoms with Crippen LogP contribution in [0.25, 0.3) is 0 Å². The van der Waals surface area contributed by atoms with Crippen LogP contribution < -0.4 is 0 Å². The summed E-state index contributed by atoms with van der Waals surface area (Å²) in [6, 6.07) is -0.0466. The van der Waals surface area contributed by atoms with Crippen LogP contribution in [0.1, 0.15) is 64.7 Å². The van der Waals surface area contributed by atoms with Gasteiger partial charge in [-0.05, 0) is 56.8 Å². The number of ether oxygens (including phenoxy) is 1. The summed E-state index contributed by atoms with van der Waals surface area (Å²) >= 11 is 0. The highest BCUT2D eigenvalue weighted by atomic mass is 16.5. The Balaban J connectivity index is 1.77. The summed E-state index contributed by atoms with van der Waals surface area (Å²) in [7, 11) is 1.44. The van der Waals surface area contributed by atoms with Crippen molar-refractivity contribution in [3.8, 4) is 0 Å². The summed E-state index contributed by atoms with van der Waals surface area (Å²) in [5.41, 5.74) is 0. The van der Waals surface area contributed by atoms with Gasteiger partial charge in [-0.1, -0.05) is 19.8 Å². The number of nitrogens with zero attached hydrogens (tertiary/aromatic N) is 1. The molecular formula is C18H29NO3. The minimum absolute atomic E-state index is 0.129. The molecule has 0 N–H and O–H groups in total. The smallest absolute Gasteiger partial charge is 0.328 e. The number of carbonyl (C=O) groups is 2. The second kappa shape index (κ2) is 6.59. The molecule has 22 heavy (non-hydrogen) atoms. The maximum Gasteiger partial charge on any atom is 0.328 e. The molecule has 3 fully saturated rings. The number of methoxy groups -OCH3 is 1. The van der Waals surface area contributed by atoms with Gasteiger partial charge in [0.2, 0.25) is 5.91 Å². The molecule has 0 spiro atoms. The molecule has 3 atom stereocenters. The van der Waals surface area contributed by atoms with Gasteiger partial charge in [-0.3, -0.25) is 4.79 Å². The molecule has 0 aromatic heterocycles. The number of rotatable bonds is 2. The second-order valence-corrected chi connectivity index (χ2v) is 7.59. The van der Waals surface area contributed by atoms with Crippen molar-refractivity contribution in [2.75, 3.05) is 7.11 Å². The van der Waals surface area contributed by atoms with Crippen LogP contribution in [0.5, 0.6) is 0 Å². The molecule has 3 rings (SSSR count). The van der Waals surface area contributed by atoms with Crippen LogP contribution in [0.3, 0.4) is 0 Å². The molecule has 0 bridgehead atoms. The first-order chi connectivity index (χ1) is 10.6. The van der Waals surface area contributed by atoms with Crippen LogP contribution in [0.4, 0.5) is 0 Å². The highest BCUT2D eigenvalue weighted by Crippen LogP contribution is 2.42. The van der Waals surface area contributed by atoms with E-state index in [0.29, 0.717) is 5.92 Å². The van der Waals surface area contributed by atoms with E-state index in [1.807, 2.05) is 4.90 Å². The Bertz CT molecular complexity index is 428. The molecular weight excluding hydrogens is 278 g/mol. The van der Waals surface area contributed by atoms with Crippen LogP contribution >= 0.6 is 0 Å². The topological polar surface area (TPSA) is 46.6 Å². The average Bonchev–Trinajstić information content (AvgIpc) is 2.93. The molecule has 1 heterocycles. The van der Waals surface area contributed by atoms with Gasteiger partial charge >= 0.3 is 5.97 Å². The third-order valence-corrected chi connectivity index (χ3v) is 6.18. The van der Waals surface area contributed by atoms with E-state index in [-0.39, 0.29) is 29.9 Å². The monoisotopic (exact) mass is 307 g/mol. The van der Waals surface area contributed by atoms with Gasteiger partial charge in [0.1, 0.15) is 6.04 Å². The van der Waals surface area contributed by atoms with Gasteiger partial charge < -0.3 is 9.64 Å². The third kappa shape index (κ3) is 2.89. The molecule has 0 aromatic rings. The van der Waals surface area contributed by atoms with Gasteiger partial charge in [-0.2, -0.15) is 0 Å². The molecule has 4 heteroatoms. The first-order valence-electron chi connectivity index (χ1n) is 9.01. The zero-order valence-corrected chi connectivity index (χ0v) is 13.9. The predicted molar refractivity (Wildman–Crippen MR) is 84.1 cm³/mol. The molecule has 124 valence electrons. The largest absolute Gasteiger partial charge is 0.467 e. The molecule has 0 aromatic carbocycles. The molecule has 2 saturated carbocycles.